The van der Waals surface area contributed by atoms with Crippen LogP contribution in [0.4, 0.5) is 0 Å². The Morgan fingerprint density at radius 2 is 2.00 bits per heavy atom. The maximum Gasteiger partial charge on any atom is 0.255 e. The lowest BCUT2D eigenvalue weighted by molar-refractivity contribution is -0.136. The summed E-state index contributed by atoms with van der Waals surface area (Å²) in [6.07, 6.45) is 1.18. The number of nitrogens with one attached hydrogen (secondary N) is 2. The average molecular weight is 435 g/mol. The number of methoxy groups -OCH3 is 1. The molecule has 2 heterocycles. The number of nitrogens with zero attached hydrogens (tertiary/aromatic N) is 1. The molecule has 1 saturated heterocycles. The molecule has 2 aromatic carbocycles. The largest absolute Gasteiger partial charge is 0.496 e. The lowest BCUT2D eigenvalue weighted by Gasteiger charge is -2.29. The Kier molecular flexibility index (Phi) is 5.94. The summed E-state index contributed by atoms with van der Waals surface area (Å²) in [5.74, 6) is -0.587. The van der Waals surface area contributed by atoms with Crippen LogP contribution >= 0.6 is 0 Å². The van der Waals surface area contributed by atoms with Crippen LogP contribution in [0, 0.1) is 0 Å². The monoisotopic (exact) mass is 435 g/mol. The molecule has 0 aliphatic carbocycles. The topological polar surface area (TPSA) is 105 Å². The van der Waals surface area contributed by atoms with Crippen LogP contribution in [0.3, 0.4) is 0 Å². The molecule has 0 spiro atoms. The van der Waals surface area contributed by atoms with E-state index in [2.05, 4.69) is 10.6 Å². The second kappa shape index (κ2) is 8.82. The number of hydrogen-bond acceptors (Lipinski definition) is 5. The van der Waals surface area contributed by atoms with Crippen LogP contribution in [-0.4, -0.2) is 41.7 Å². The van der Waals surface area contributed by atoms with Gasteiger partial charge in [-0.3, -0.25) is 24.5 Å². The van der Waals surface area contributed by atoms with Crippen molar-refractivity contribution in [3.63, 3.8) is 0 Å². The summed E-state index contributed by atoms with van der Waals surface area (Å²) in [5, 5.41) is 5.33. The second-order valence-corrected chi connectivity index (χ2v) is 7.95. The van der Waals surface area contributed by atoms with E-state index in [1.807, 2.05) is 31.2 Å². The molecule has 2 aliphatic heterocycles. The molecule has 2 N–H and O–H groups in total. The van der Waals surface area contributed by atoms with Gasteiger partial charge in [-0.15, -0.1) is 0 Å². The number of amides is 4. The van der Waals surface area contributed by atoms with Crippen LogP contribution in [0.5, 0.6) is 5.75 Å². The molecule has 166 valence electrons. The molecule has 2 atom stereocenters. The normalized spacial score (nSPS) is 18.8. The van der Waals surface area contributed by atoms with Crippen molar-refractivity contribution in [2.45, 2.75) is 44.8 Å². The molecule has 8 heteroatoms. The van der Waals surface area contributed by atoms with Crippen LogP contribution < -0.4 is 15.4 Å². The van der Waals surface area contributed by atoms with E-state index in [0.717, 1.165) is 5.56 Å². The number of carbonyl (C=O) groups excluding carboxylic acids is 4. The molecule has 2 unspecified atom stereocenters. The third-order valence-corrected chi connectivity index (χ3v) is 6.01. The minimum Gasteiger partial charge on any atom is -0.496 e. The second-order valence-electron chi connectivity index (χ2n) is 7.95. The molecule has 8 nitrogen and oxygen atoms in total. The van der Waals surface area contributed by atoms with E-state index in [4.69, 9.17) is 4.74 Å². The quantitative estimate of drug-likeness (QED) is 0.678. The third-order valence-electron chi connectivity index (χ3n) is 6.01. The van der Waals surface area contributed by atoms with Gasteiger partial charge in [0, 0.05) is 29.7 Å². The smallest absolute Gasteiger partial charge is 0.255 e. The minimum atomic E-state index is -0.681. The maximum absolute atomic E-state index is 13.0. The molecule has 2 aliphatic rings. The van der Waals surface area contributed by atoms with E-state index >= 15 is 0 Å². The molecule has 0 bridgehead atoms. The first-order valence-corrected chi connectivity index (χ1v) is 10.6. The number of piperidine rings is 1. The highest BCUT2D eigenvalue weighted by Crippen LogP contribution is 2.30. The highest BCUT2D eigenvalue weighted by Gasteiger charge is 2.39. The lowest BCUT2D eigenvalue weighted by Crippen LogP contribution is -2.52. The van der Waals surface area contributed by atoms with Crippen LogP contribution in [0.1, 0.15) is 64.1 Å². The van der Waals surface area contributed by atoms with Gasteiger partial charge in [0.05, 0.1) is 13.2 Å². The van der Waals surface area contributed by atoms with Crippen LogP contribution in [0.25, 0.3) is 0 Å². The van der Waals surface area contributed by atoms with Gasteiger partial charge in [-0.2, -0.15) is 0 Å². The molecule has 4 rings (SSSR count). The molecular weight excluding hydrogens is 410 g/mol. The van der Waals surface area contributed by atoms with Crippen LogP contribution in [-0.2, 0) is 16.1 Å². The predicted molar refractivity (Wildman–Crippen MR) is 116 cm³/mol. The number of ether oxygens (including phenoxy) is 1. The zero-order valence-corrected chi connectivity index (χ0v) is 18.0. The summed E-state index contributed by atoms with van der Waals surface area (Å²) in [6.45, 7) is 2.21. The van der Waals surface area contributed by atoms with Crippen LogP contribution in [0.15, 0.2) is 42.5 Å². The molecule has 0 saturated carbocycles. The number of carbonyl (C=O) groups is 4. The maximum atomic E-state index is 13.0. The van der Waals surface area contributed by atoms with Crippen molar-refractivity contribution < 1.29 is 23.9 Å². The molecule has 2 aromatic rings. The summed E-state index contributed by atoms with van der Waals surface area (Å²) in [6, 6.07) is 11.6. The first-order chi connectivity index (χ1) is 15.4. The standard InChI is InChI=1S/C24H25N3O5/c1-3-18(17-6-4-5-7-20(17)32-2)25-22(29)14-8-9-16-15(12-14)13-27(24(16)31)19-10-11-21(28)26-23(19)30/h4-9,12,18-19H,3,10-11,13H2,1-2H3,(H,25,29)(H,26,28,30). The molecule has 32 heavy (non-hydrogen) atoms. The van der Waals surface area contributed by atoms with Crippen molar-refractivity contribution >= 4 is 23.6 Å². The summed E-state index contributed by atoms with van der Waals surface area (Å²) in [7, 11) is 1.60. The number of hydrogen-bond donors (Lipinski definition) is 2. The predicted octanol–water partition coefficient (Wildman–Crippen LogP) is 2.34. The summed E-state index contributed by atoms with van der Waals surface area (Å²) in [4.78, 5) is 50.9. The zero-order chi connectivity index (χ0) is 22.8. The number of benzene rings is 2. The summed E-state index contributed by atoms with van der Waals surface area (Å²) in [5.41, 5.74) is 2.50. The van der Waals surface area contributed by atoms with Gasteiger partial charge in [-0.05, 0) is 42.7 Å². The van der Waals surface area contributed by atoms with Crippen molar-refractivity contribution in [1.29, 1.82) is 0 Å². The number of para-hydroxylation sites is 1. The first kappa shape index (κ1) is 21.5. The van der Waals surface area contributed by atoms with E-state index in [-0.39, 0.29) is 36.7 Å². The van der Waals surface area contributed by atoms with E-state index in [0.29, 0.717) is 35.3 Å². The van der Waals surface area contributed by atoms with Gasteiger partial charge in [-0.1, -0.05) is 25.1 Å². The molecular formula is C24H25N3O5. The van der Waals surface area contributed by atoms with Gasteiger partial charge in [0.25, 0.3) is 11.8 Å². The molecule has 0 radical (unpaired) electrons. The van der Waals surface area contributed by atoms with Crippen molar-refractivity contribution in [2.75, 3.05) is 7.11 Å². The Hall–Kier alpha value is -3.68. The lowest BCUT2D eigenvalue weighted by atomic mass is 10.0. The first-order valence-electron chi connectivity index (χ1n) is 10.6. The van der Waals surface area contributed by atoms with Gasteiger partial charge < -0.3 is 15.0 Å². The Labute approximate surface area is 185 Å². The highest BCUT2D eigenvalue weighted by atomic mass is 16.5. The Morgan fingerprint density at radius 3 is 2.72 bits per heavy atom. The van der Waals surface area contributed by atoms with E-state index in [9.17, 15) is 19.2 Å². The van der Waals surface area contributed by atoms with E-state index in [1.54, 1.807) is 25.3 Å². The summed E-state index contributed by atoms with van der Waals surface area (Å²) < 4.78 is 5.42. The van der Waals surface area contributed by atoms with Gasteiger partial charge in [0.15, 0.2) is 0 Å². The Balaban J connectivity index is 1.51. The molecule has 1 fully saturated rings. The fourth-order valence-electron chi connectivity index (χ4n) is 4.31. The highest BCUT2D eigenvalue weighted by molar-refractivity contribution is 6.06. The summed E-state index contributed by atoms with van der Waals surface area (Å²) >= 11 is 0. The Bertz CT molecular complexity index is 1100. The Morgan fingerprint density at radius 1 is 1.22 bits per heavy atom. The van der Waals surface area contributed by atoms with Gasteiger partial charge in [0.1, 0.15) is 11.8 Å². The average Bonchev–Trinajstić information content (AvgIpc) is 3.12. The number of fused-ring (bicyclic) bond motifs is 1. The fraction of sp³-hybridized carbons (Fsp3) is 0.333. The third kappa shape index (κ3) is 3.95. The zero-order valence-electron chi connectivity index (χ0n) is 18.0. The van der Waals surface area contributed by atoms with Gasteiger partial charge in [-0.25, -0.2) is 0 Å². The van der Waals surface area contributed by atoms with Crippen molar-refractivity contribution in [3.05, 3.63) is 64.7 Å². The minimum absolute atomic E-state index is 0.200. The van der Waals surface area contributed by atoms with E-state index in [1.165, 1.54) is 4.90 Å². The number of imide groups is 1. The molecule has 0 aromatic heterocycles. The SMILES string of the molecule is CCC(NC(=O)c1ccc2c(c1)CN(C1CCC(=O)NC1=O)C2=O)c1ccccc1OC. The number of rotatable bonds is 6. The van der Waals surface area contributed by atoms with Crippen molar-refractivity contribution in [1.82, 2.24) is 15.5 Å². The van der Waals surface area contributed by atoms with Crippen molar-refractivity contribution in [3.8, 4) is 5.75 Å². The fourth-order valence-corrected chi connectivity index (χ4v) is 4.31. The van der Waals surface area contributed by atoms with Crippen molar-refractivity contribution in [2.24, 2.45) is 0 Å². The van der Waals surface area contributed by atoms with Crippen LogP contribution in [0.2, 0.25) is 0 Å². The van der Waals surface area contributed by atoms with Gasteiger partial charge in [0.2, 0.25) is 11.8 Å². The van der Waals surface area contributed by atoms with Gasteiger partial charge >= 0.3 is 0 Å². The molecule has 4 amide bonds. The van der Waals surface area contributed by atoms with E-state index < -0.39 is 11.9 Å².